The number of benzene rings is 2. The quantitative estimate of drug-likeness (QED) is 0.0224. The van der Waals surface area contributed by atoms with Crippen LogP contribution in [0.3, 0.4) is 0 Å². The average molecular weight is 947 g/mol. The van der Waals surface area contributed by atoms with E-state index in [0.717, 1.165) is 76.2 Å². The van der Waals surface area contributed by atoms with Gasteiger partial charge in [0.05, 0.1) is 42.7 Å². The SMILES string of the molecule is CCCCCCCCCCCC[C@H](OCOC)[C@H]1CC[C@H]([C@H]2CC[C@H]([C@@H](CCCC/C=C/CC[C@H](CC3=C[C@H](C)OC3=O)O[Si](c3ccccc3)(c3ccccc3)C(C)(C)C)OCOC)O2)O1. The summed E-state index contributed by atoms with van der Waals surface area (Å²) >= 11 is 0. The number of allylic oxidation sites excluding steroid dienone is 2. The molecule has 0 saturated carbocycles. The third-order valence-corrected chi connectivity index (χ3v) is 19.3. The largest absolute Gasteiger partial charge is 0.455 e. The van der Waals surface area contributed by atoms with Crippen LogP contribution in [0.25, 0.3) is 0 Å². The Morgan fingerprint density at radius 2 is 1.15 bits per heavy atom. The summed E-state index contributed by atoms with van der Waals surface area (Å²) in [5, 5.41) is 2.31. The van der Waals surface area contributed by atoms with Crippen LogP contribution in [0.5, 0.6) is 0 Å². The number of hydrogen-bond acceptors (Lipinski definition) is 9. The van der Waals surface area contributed by atoms with Gasteiger partial charge in [-0.2, -0.15) is 0 Å². The van der Waals surface area contributed by atoms with Gasteiger partial charge >= 0.3 is 5.97 Å². The van der Waals surface area contributed by atoms with Crippen molar-refractivity contribution in [1.82, 2.24) is 0 Å². The first-order valence-electron chi connectivity index (χ1n) is 26.5. The van der Waals surface area contributed by atoms with Crippen molar-refractivity contribution in [2.24, 2.45) is 0 Å². The zero-order chi connectivity index (χ0) is 47.7. The normalized spacial score (nSPS) is 22.6. The van der Waals surface area contributed by atoms with Crippen molar-refractivity contribution in [1.29, 1.82) is 0 Å². The molecule has 2 fully saturated rings. The van der Waals surface area contributed by atoms with Crippen LogP contribution in [0, 0.1) is 0 Å². The predicted octanol–water partition coefficient (Wildman–Crippen LogP) is 12.5. The molecular weight excluding hydrogens is 857 g/mol. The molecule has 0 unspecified atom stereocenters. The Balaban J connectivity index is 1.09. The van der Waals surface area contributed by atoms with Crippen molar-refractivity contribution in [2.45, 2.75) is 230 Å². The van der Waals surface area contributed by atoms with Gasteiger partial charge in [-0.15, -0.1) is 0 Å². The van der Waals surface area contributed by atoms with Crippen molar-refractivity contribution in [3.05, 3.63) is 84.5 Å². The van der Waals surface area contributed by atoms with Crippen molar-refractivity contribution in [2.75, 3.05) is 27.8 Å². The monoisotopic (exact) mass is 947 g/mol. The van der Waals surface area contributed by atoms with E-state index in [1.54, 1.807) is 14.2 Å². The van der Waals surface area contributed by atoms with Gasteiger partial charge in [0.1, 0.15) is 19.7 Å². The first-order chi connectivity index (χ1) is 32.6. The zero-order valence-corrected chi connectivity index (χ0v) is 43.8. The Morgan fingerprint density at radius 1 is 0.657 bits per heavy atom. The first-order valence-corrected chi connectivity index (χ1v) is 28.4. The summed E-state index contributed by atoms with van der Waals surface area (Å²) in [5.74, 6) is -0.224. The molecule has 2 saturated heterocycles. The Bertz CT molecular complexity index is 1660. The molecule has 8 atom stereocenters. The molecule has 2 aromatic rings. The molecule has 10 heteroatoms. The van der Waals surface area contributed by atoms with Crippen LogP contribution >= 0.6 is 0 Å². The summed E-state index contributed by atoms with van der Waals surface area (Å²) in [6.07, 6.45) is 31.0. The molecule has 376 valence electrons. The number of cyclic esters (lactones) is 1. The van der Waals surface area contributed by atoms with Crippen LogP contribution in [0.15, 0.2) is 84.5 Å². The zero-order valence-electron chi connectivity index (χ0n) is 42.8. The molecule has 0 aromatic heterocycles. The molecular formula is C57H90O9Si. The highest BCUT2D eigenvalue weighted by molar-refractivity contribution is 6.99. The molecule has 3 heterocycles. The highest BCUT2D eigenvalue weighted by atomic mass is 28.4. The maximum atomic E-state index is 12.9. The average Bonchev–Trinajstić information content (AvgIpc) is 4.09. The van der Waals surface area contributed by atoms with E-state index < -0.39 is 8.32 Å². The van der Waals surface area contributed by atoms with Gasteiger partial charge in [-0.05, 0) is 92.6 Å². The van der Waals surface area contributed by atoms with Crippen LogP contribution in [0.4, 0.5) is 0 Å². The summed E-state index contributed by atoms with van der Waals surface area (Å²) in [4.78, 5) is 12.9. The molecule has 3 aliphatic heterocycles. The van der Waals surface area contributed by atoms with Crippen LogP contribution in [0.1, 0.15) is 176 Å². The second kappa shape index (κ2) is 30.2. The van der Waals surface area contributed by atoms with Crippen LogP contribution < -0.4 is 10.4 Å². The molecule has 0 bridgehead atoms. The fourth-order valence-electron chi connectivity index (χ4n) is 10.7. The highest BCUT2D eigenvalue weighted by Gasteiger charge is 2.51. The van der Waals surface area contributed by atoms with Gasteiger partial charge in [0, 0.05) is 26.2 Å². The van der Waals surface area contributed by atoms with Gasteiger partial charge in [0.15, 0.2) is 0 Å². The van der Waals surface area contributed by atoms with Crippen molar-refractivity contribution >= 4 is 24.7 Å². The molecule has 0 amide bonds. The number of carbonyl (C=O) groups excluding carboxylic acids is 1. The highest BCUT2D eigenvalue weighted by Crippen LogP contribution is 2.40. The maximum Gasteiger partial charge on any atom is 0.334 e. The van der Waals surface area contributed by atoms with Crippen molar-refractivity contribution in [3.63, 3.8) is 0 Å². The molecule has 0 N–H and O–H groups in total. The third-order valence-electron chi connectivity index (χ3n) is 14.2. The molecule has 0 spiro atoms. The van der Waals surface area contributed by atoms with Gasteiger partial charge in [0.2, 0.25) is 0 Å². The van der Waals surface area contributed by atoms with E-state index >= 15 is 0 Å². The number of carbonyl (C=O) groups is 1. The molecule has 9 nitrogen and oxygen atoms in total. The van der Waals surface area contributed by atoms with E-state index in [0.29, 0.717) is 13.2 Å². The standard InChI is InChI=1S/C57H90O9Si/c1-8-9-10-11-12-13-14-15-19-28-35-50(61-43-59-6)52-37-39-54(64-52)55-40-38-53(65-55)51(62-44-60-7)36-29-20-17-16-18-23-30-47(42-46-41-45(2)63-56(46)58)66-67(57(3,4)5,48-31-24-21-25-32-48)49-33-26-22-27-34-49/h16,18,21-22,24-27,31-34,41,45,47,50-55H,8-15,17,19-20,23,28-30,35-40,42-44H2,1-7H3/b18-16+/t45-,47+,50-,51+,52+,53+,54+,55+/m0/s1. The van der Waals surface area contributed by atoms with Crippen LogP contribution in [-0.4, -0.2) is 90.9 Å². The van der Waals surface area contributed by atoms with E-state index in [2.05, 4.69) is 101 Å². The van der Waals surface area contributed by atoms with Crippen molar-refractivity contribution < 1.29 is 42.4 Å². The van der Waals surface area contributed by atoms with Crippen LogP contribution in [0.2, 0.25) is 5.04 Å². The smallest absolute Gasteiger partial charge is 0.334 e. The minimum Gasteiger partial charge on any atom is -0.455 e. The van der Waals surface area contributed by atoms with Gasteiger partial charge in [-0.1, -0.05) is 171 Å². The lowest BCUT2D eigenvalue weighted by atomic mass is 10.0. The molecule has 3 aliphatic rings. The lowest BCUT2D eigenvalue weighted by Crippen LogP contribution is -2.67. The Kier molecular flexibility index (Phi) is 24.9. The van der Waals surface area contributed by atoms with E-state index in [4.69, 9.17) is 37.6 Å². The lowest BCUT2D eigenvalue weighted by Gasteiger charge is -2.45. The third kappa shape index (κ3) is 17.6. The number of unbranched alkanes of at least 4 members (excludes halogenated alkanes) is 11. The summed E-state index contributed by atoms with van der Waals surface area (Å²) in [6.45, 7) is 11.7. The first kappa shape index (κ1) is 55.3. The summed E-state index contributed by atoms with van der Waals surface area (Å²) < 4.78 is 49.8. The molecule has 0 aliphatic carbocycles. The Hall–Kier alpha value is -2.67. The van der Waals surface area contributed by atoms with Gasteiger partial charge < -0.3 is 37.6 Å². The molecule has 0 radical (unpaired) electrons. The minimum atomic E-state index is -2.83. The number of methoxy groups -OCH3 is 2. The summed E-state index contributed by atoms with van der Waals surface area (Å²) in [6, 6.07) is 21.5. The number of ether oxygens (including phenoxy) is 7. The van der Waals surface area contributed by atoms with Gasteiger partial charge in [0.25, 0.3) is 8.32 Å². The van der Waals surface area contributed by atoms with E-state index in [9.17, 15) is 4.79 Å². The van der Waals surface area contributed by atoms with Gasteiger partial charge in [-0.3, -0.25) is 0 Å². The van der Waals surface area contributed by atoms with Gasteiger partial charge in [-0.25, -0.2) is 4.79 Å². The van der Waals surface area contributed by atoms with E-state index in [-0.39, 0.29) is 66.6 Å². The van der Waals surface area contributed by atoms with Crippen molar-refractivity contribution in [3.8, 4) is 0 Å². The molecule has 5 rings (SSSR count). The molecule has 67 heavy (non-hydrogen) atoms. The maximum absolute atomic E-state index is 12.9. The topological polar surface area (TPSA) is 90.9 Å². The minimum absolute atomic E-state index is 0.0149. The second-order valence-corrected chi connectivity index (χ2v) is 24.8. The lowest BCUT2D eigenvalue weighted by molar-refractivity contribution is -0.158. The fourth-order valence-corrected chi connectivity index (χ4v) is 15.4. The van der Waals surface area contributed by atoms with E-state index in [1.807, 2.05) is 13.0 Å². The number of rotatable bonds is 34. The molecule has 2 aromatic carbocycles. The van der Waals surface area contributed by atoms with E-state index in [1.165, 1.54) is 74.6 Å². The van der Waals surface area contributed by atoms with Crippen LogP contribution in [-0.2, 0) is 42.4 Å². The second-order valence-electron chi connectivity index (χ2n) is 20.5. The number of hydrogen-bond donors (Lipinski definition) is 0. The summed E-state index contributed by atoms with van der Waals surface area (Å²) in [7, 11) is 0.554. The number of esters is 1. The Labute approximate surface area is 407 Å². The summed E-state index contributed by atoms with van der Waals surface area (Å²) in [5.41, 5.74) is 0.721. The fraction of sp³-hybridized carbons (Fsp3) is 0.702. The Morgan fingerprint density at radius 3 is 1.63 bits per heavy atom. The predicted molar refractivity (Wildman–Crippen MR) is 273 cm³/mol.